The van der Waals surface area contributed by atoms with Crippen molar-refractivity contribution in [2.45, 2.75) is 12.8 Å². The van der Waals surface area contributed by atoms with Crippen LogP contribution >= 0.6 is 0 Å². The second-order valence-corrected chi connectivity index (χ2v) is 3.98. The Labute approximate surface area is 117 Å². The van der Waals surface area contributed by atoms with E-state index < -0.39 is 5.97 Å². The molecule has 2 amide bonds. The molecule has 104 valence electrons. The number of nitrogens with one attached hydrogen (secondary N) is 2. The fraction of sp³-hybridized carbons (Fsp3) is 0.200. The van der Waals surface area contributed by atoms with Crippen molar-refractivity contribution >= 4 is 23.8 Å². The van der Waals surface area contributed by atoms with E-state index in [1.807, 2.05) is 0 Å². The Morgan fingerprint density at radius 3 is 2.60 bits per heavy atom. The van der Waals surface area contributed by atoms with E-state index in [2.05, 4.69) is 16.6 Å². The lowest BCUT2D eigenvalue weighted by Gasteiger charge is -2.07. The number of carbonyl (C=O) groups is 2. The van der Waals surface area contributed by atoms with Gasteiger partial charge < -0.3 is 15.7 Å². The van der Waals surface area contributed by atoms with Crippen LogP contribution in [-0.4, -0.2) is 23.7 Å². The maximum absolute atomic E-state index is 11.5. The number of unbranched alkanes of at least 4 members (excludes halogenated alkanes) is 1. The van der Waals surface area contributed by atoms with Crippen LogP contribution in [0.2, 0.25) is 0 Å². The first-order valence-corrected chi connectivity index (χ1v) is 6.11. The number of hydrogen-bond acceptors (Lipinski definition) is 2. The van der Waals surface area contributed by atoms with Crippen molar-refractivity contribution in [3.8, 4) is 12.3 Å². The molecule has 0 atom stereocenters. The van der Waals surface area contributed by atoms with Crippen molar-refractivity contribution in [2.24, 2.45) is 0 Å². The topological polar surface area (TPSA) is 78.4 Å². The molecule has 0 saturated heterocycles. The minimum absolute atomic E-state index is 0.296. The quantitative estimate of drug-likeness (QED) is 0.422. The molecular weight excluding hydrogens is 256 g/mol. The summed E-state index contributed by atoms with van der Waals surface area (Å²) in [6.45, 7) is 0.523. The lowest BCUT2D eigenvalue weighted by Crippen LogP contribution is -2.29. The average molecular weight is 272 g/mol. The normalized spacial score (nSPS) is 9.95. The van der Waals surface area contributed by atoms with Crippen molar-refractivity contribution in [2.75, 3.05) is 11.9 Å². The number of aliphatic carboxylic acids is 1. The highest BCUT2D eigenvalue weighted by Gasteiger charge is 2.00. The SMILES string of the molecule is C#CCCCNC(=O)Nc1ccc(/C=C/C(=O)O)cc1. The van der Waals surface area contributed by atoms with Crippen molar-refractivity contribution in [1.82, 2.24) is 5.32 Å². The lowest BCUT2D eigenvalue weighted by atomic mass is 10.2. The predicted molar refractivity (Wildman–Crippen MR) is 78.2 cm³/mol. The van der Waals surface area contributed by atoms with Crippen molar-refractivity contribution in [3.63, 3.8) is 0 Å². The Bertz CT molecular complexity index is 527. The van der Waals surface area contributed by atoms with Gasteiger partial charge in [-0.25, -0.2) is 9.59 Å². The molecule has 0 saturated carbocycles. The molecule has 5 heteroatoms. The zero-order chi connectivity index (χ0) is 14.8. The lowest BCUT2D eigenvalue weighted by molar-refractivity contribution is -0.131. The summed E-state index contributed by atoms with van der Waals surface area (Å²) in [5.74, 6) is 1.50. The summed E-state index contributed by atoms with van der Waals surface area (Å²) in [5.41, 5.74) is 1.37. The van der Waals surface area contributed by atoms with E-state index in [1.165, 1.54) is 6.08 Å². The predicted octanol–water partition coefficient (Wildman–Crippen LogP) is 2.32. The van der Waals surface area contributed by atoms with Gasteiger partial charge in [0.15, 0.2) is 0 Å². The van der Waals surface area contributed by atoms with Crippen molar-refractivity contribution in [3.05, 3.63) is 35.9 Å². The van der Waals surface area contributed by atoms with Crippen molar-refractivity contribution in [1.29, 1.82) is 0 Å². The maximum atomic E-state index is 11.5. The highest BCUT2D eigenvalue weighted by Crippen LogP contribution is 2.10. The van der Waals surface area contributed by atoms with Gasteiger partial charge in [-0.3, -0.25) is 0 Å². The van der Waals surface area contributed by atoms with Gasteiger partial charge in [-0.05, 0) is 30.2 Å². The zero-order valence-electron chi connectivity index (χ0n) is 10.9. The van der Waals surface area contributed by atoms with E-state index in [0.29, 0.717) is 18.7 Å². The summed E-state index contributed by atoms with van der Waals surface area (Å²) in [5, 5.41) is 13.9. The van der Waals surface area contributed by atoms with Gasteiger partial charge in [-0.15, -0.1) is 12.3 Å². The van der Waals surface area contributed by atoms with Crippen LogP contribution in [-0.2, 0) is 4.79 Å². The highest BCUT2D eigenvalue weighted by molar-refractivity contribution is 5.89. The fourth-order valence-corrected chi connectivity index (χ4v) is 1.41. The minimum atomic E-state index is -1.00. The summed E-state index contributed by atoms with van der Waals surface area (Å²) in [7, 11) is 0. The van der Waals surface area contributed by atoms with Crippen LogP contribution in [0.3, 0.4) is 0 Å². The second-order valence-electron chi connectivity index (χ2n) is 3.98. The Kier molecular flexibility index (Phi) is 6.42. The number of anilines is 1. The molecule has 0 radical (unpaired) electrons. The summed E-state index contributed by atoms with van der Waals surface area (Å²) < 4.78 is 0. The number of carboxylic acid groups (broad SMARTS) is 1. The number of carbonyl (C=O) groups excluding carboxylic acids is 1. The number of carboxylic acids is 1. The standard InChI is InChI=1S/C15H16N2O3/c1-2-3-4-11-16-15(20)17-13-8-5-12(6-9-13)7-10-14(18)19/h1,5-10H,3-4,11H2,(H,18,19)(H2,16,17,20)/b10-7+. The highest BCUT2D eigenvalue weighted by atomic mass is 16.4. The molecule has 3 N–H and O–H groups in total. The number of terminal acetylenes is 1. The Hall–Kier alpha value is -2.74. The molecule has 0 heterocycles. The van der Waals surface area contributed by atoms with Crippen LogP contribution in [0.4, 0.5) is 10.5 Å². The molecule has 0 aliphatic heterocycles. The van der Waals surface area contributed by atoms with Crippen LogP contribution in [0, 0.1) is 12.3 Å². The first-order valence-electron chi connectivity index (χ1n) is 6.11. The molecule has 0 fully saturated rings. The number of hydrogen-bond donors (Lipinski definition) is 3. The number of urea groups is 1. The molecule has 1 aromatic rings. The molecule has 0 aliphatic carbocycles. The zero-order valence-corrected chi connectivity index (χ0v) is 10.9. The average Bonchev–Trinajstić information content (AvgIpc) is 2.43. The van der Waals surface area contributed by atoms with Crippen LogP contribution in [0.25, 0.3) is 6.08 Å². The van der Waals surface area contributed by atoms with Crippen LogP contribution < -0.4 is 10.6 Å². The van der Waals surface area contributed by atoms with Gasteiger partial charge in [-0.2, -0.15) is 0 Å². The molecule has 0 aromatic heterocycles. The van der Waals surface area contributed by atoms with Gasteiger partial charge >= 0.3 is 12.0 Å². The van der Waals surface area contributed by atoms with Crippen LogP contribution in [0.15, 0.2) is 30.3 Å². The molecule has 0 aliphatic rings. The van der Waals surface area contributed by atoms with E-state index in [1.54, 1.807) is 24.3 Å². The third kappa shape index (κ3) is 6.26. The summed E-state index contributed by atoms with van der Waals surface area (Å²) in [6, 6.07) is 6.53. The number of benzene rings is 1. The summed E-state index contributed by atoms with van der Waals surface area (Å²) in [6.07, 6.45) is 9.01. The smallest absolute Gasteiger partial charge is 0.328 e. The third-order valence-electron chi connectivity index (χ3n) is 2.37. The van der Waals surface area contributed by atoms with E-state index in [0.717, 1.165) is 18.1 Å². The minimum Gasteiger partial charge on any atom is -0.478 e. The van der Waals surface area contributed by atoms with Crippen molar-refractivity contribution < 1.29 is 14.7 Å². The first-order chi connectivity index (χ1) is 9.61. The van der Waals surface area contributed by atoms with Gasteiger partial charge in [0, 0.05) is 24.7 Å². The molecule has 1 aromatic carbocycles. The molecule has 0 spiro atoms. The monoisotopic (exact) mass is 272 g/mol. The van der Waals surface area contributed by atoms with E-state index >= 15 is 0 Å². The Balaban J connectivity index is 2.43. The number of rotatable bonds is 6. The number of amides is 2. The molecule has 0 bridgehead atoms. The maximum Gasteiger partial charge on any atom is 0.328 e. The molecule has 20 heavy (non-hydrogen) atoms. The van der Waals surface area contributed by atoms with Crippen LogP contribution in [0.5, 0.6) is 0 Å². The Morgan fingerprint density at radius 1 is 1.30 bits per heavy atom. The third-order valence-corrected chi connectivity index (χ3v) is 2.37. The largest absolute Gasteiger partial charge is 0.478 e. The molecular formula is C15H16N2O3. The van der Waals surface area contributed by atoms with Gasteiger partial charge in [0.2, 0.25) is 0 Å². The van der Waals surface area contributed by atoms with Gasteiger partial charge in [-0.1, -0.05) is 12.1 Å². The summed E-state index contributed by atoms with van der Waals surface area (Å²) in [4.78, 5) is 21.9. The Morgan fingerprint density at radius 2 is 2.00 bits per heavy atom. The van der Waals surface area contributed by atoms with Gasteiger partial charge in [0.05, 0.1) is 0 Å². The van der Waals surface area contributed by atoms with E-state index in [9.17, 15) is 9.59 Å². The van der Waals surface area contributed by atoms with Gasteiger partial charge in [0.25, 0.3) is 0 Å². The second kappa shape index (κ2) is 8.38. The van der Waals surface area contributed by atoms with E-state index in [4.69, 9.17) is 11.5 Å². The molecule has 1 rings (SSSR count). The van der Waals surface area contributed by atoms with Gasteiger partial charge in [0.1, 0.15) is 0 Å². The molecule has 0 unspecified atom stereocenters. The molecule has 5 nitrogen and oxygen atoms in total. The van der Waals surface area contributed by atoms with Crippen LogP contribution in [0.1, 0.15) is 18.4 Å². The summed E-state index contributed by atoms with van der Waals surface area (Å²) >= 11 is 0. The first kappa shape index (κ1) is 15.3. The fourth-order valence-electron chi connectivity index (χ4n) is 1.41. The van der Waals surface area contributed by atoms with E-state index in [-0.39, 0.29) is 6.03 Å².